The van der Waals surface area contributed by atoms with Gasteiger partial charge in [-0.05, 0) is 25.5 Å². The average Bonchev–Trinajstić information content (AvgIpc) is 3.42. The van der Waals surface area contributed by atoms with Gasteiger partial charge in [-0.1, -0.05) is 12.1 Å². The Morgan fingerprint density at radius 2 is 1.72 bits per heavy atom. The fraction of sp³-hybridized carbons (Fsp3) is 0.500. The van der Waals surface area contributed by atoms with E-state index in [0.29, 0.717) is 50.5 Å². The molecule has 1 saturated heterocycles. The van der Waals surface area contributed by atoms with Gasteiger partial charge in [-0.15, -0.1) is 0 Å². The molecule has 0 radical (unpaired) electrons. The number of ether oxygens (including phenoxy) is 1. The number of hydrogen-bond donors (Lipinski definition) is 1. The highest BCUT2D eigenvalue weighted by molar-refractivity contribution is 5.97. The lowest BCUT2D eigenvalue weighted by molar-refractivity contribution is -0.142. The summed E-state index contributed by atoms with van der Waals surface area (Å²) in [7, 11) is 0. The SMILES string of the molecule is CCOc1ccccc1C(=O)N1CCN(C(=O)[C@@H]2C[C@H]2C(=O)O)CC1. The second kappa shape index (κ2) is 7.13. The fourth-order valence-electron chi connectivity index (χ4n) is 3.20. The van der Waals surface area contributed by atoms with Crippen LogP contribution < -0.4 is 4.74 Å². The smallest absolute Gasteiger partial charge is 0.307 e. The highest BCUT2D eigenvalue weighted by Crippen LogP contribution is 2.40. The van der Waals surface area contributed by atoms with Crippen molar-refractivity contribution in [2.75, 3.05) is 32.8 Å². The maximum absolute atomic E-state index is 12.7. The van der Waals surface area contributed by atoms with Crippen LogP contribution in [0.1, 0.15) is 23.7 Å². The zero-order valence-corrected chi connectivity index (χ0v) is 14.2. The van der Waals surface area contributed by atoms with E-state index in [0.717, 1.165) is 0 Å². The first-order chi connectivity index (χ1) is 12.0. The molecular weight excluding hydrogens is 324 g/mol. The van der Waals surface area contributed by atoms with Gasteiger partial charge in [0.2, 0.25) is 5.91 Å². The maximum Gasteiger partial charge on any atom is 0.307 e. The van der Waals surface area contributed by atoms with E-state index in [9.17, 15) is 14.4 Å². The normalized spacial score (nSPS) is 22.4. The molecule has 3 rings (SSSR count). The van der Waals surface area contributed by atoms with Crippen molar-refractivity contribution >= 4 is 17.8 Å². The number of amides is 2. The van der Waals surface area contributed by atoms with Gasteiger partial charge in [0.25, 0.3) is 5.91 Å². The molecule has 0 spiro atoms. The molecule has 1 N–H and O–H groups in total. The summed E-state index contributed by atoms with van der Waals surface area (Å²) >= 11 is 0. The molecule has 1 aliphatic heterocycles. The standard InChI is InChI=1S/C18H22N2O5/c1-2-25-15-6-4-3-5-12(15)16(21)19-7-9-20(10-8-19)17(22)13-11-14(13)18(23)24/h3-6,13-14H,2,7-11H2,1H3,(H,23,24)/t13-,14-/m1/s1. The number of rotatable bonds is 5. The number of carboxylic acids is 1. The number of carbonyl (C=O) groups is 3. The Bertz CT molecular complexity index is 682. The van der Waals surface area contributed by atoms with Gasteiger partial charge < -0.3 is 19.6 Å². The molecule has 1 heterocycles. The summed E-state index contributed by atoms with van der Waals surface area (Å²) in [6.07, 6.45) is 0.426. The van der Waals surface area contributed by atoms with E-state index in [1.807, 2.05) is 13.0 Å². The van der Waals surface area contributed by atoms with Crippen molar-refractivity contribution in [1.29, 1.82) is 0 Å². The molecule has 7 nitrogen and oxygen atoms in total. The summed E-state index contributed by atoms with van der Waals surface area (Å²) in [5, 5.41) is 8.95. The van der Waals surface area contributed by atoms with Crippen LogP contribution in [0.2, 0.25) is 0 Å². The average molecular weight is 346 g/mol. The predicted octanol–water partition coefficient (Wildman–Crippen LogP) is 1.09. The van der Waals surface area contributed by atoms with Gasteiger partial charge in [0.05, 0.1) is 24.0 Å². The van der Waals surface area contributed by atoms with Gasteiger partial charge in [-0.25, -0.2) is 0 Å². The Labute approximate surface area is 146 Å². The van der Waals surface area contributed by atoms with Crippen molar-refractivity contribution in [2.45, 2.75) is 13.3 Å². The Balaban J connectivity index is 1.58. The van der Waals surface area contributed by atoms with Crippen LogP contribution in [0, 0.1) is 11.8 Å². The summed E-state index contributed by atoms with van der Waals surface area (Å²) < 4.78 is 5.51. The zero-order chi connectivity index (χ0) is 18.0. The number of hydrogen-bond acceptors (Lipinski definition) is 4. The molecular formula is C18H22N2O5. The third-order valence-corrected chi connectivity index (χ3v) is 4.72. The molecule has 134 valence electrons. The van der Waals surface area contributed by atoms with Crippen LogP contribution in [0.25, 0.3) is 0 Å². The summed E-state index contributed by atoms with van der Waals surface area (Å²) in [5.41, 5.74) is 0.525. The van der Waals surface area contributed by atoms with Crippen molar-refractivity contribution in [3.63, 3.8) is 0 Å². The van der Waals surface area contributed by atoms with Gasteiger partial charge >= 0.3 is 5.97 Å². The molecule has 0 aromatic heterocycles. The largest absolute Gasteiger partial charge is 0.493 e. The van der Waals surface area contributed by atoms with Gasteiger partial charge in [0, 0.05) is 26.2 Å². The summed E-state index contributed by atoms with van der Waals surface area (Å²) in [5.74, 6) is -1.47. The van der Waals surface area contributed by atoms with E-state index < -0.39 is 17.8 Å². The molecule has 1 aromatic carbocycles. The molecule has 2 fully saturated rings. The fourth-order valence-corrected chi connectivity index (χ4v) is 3.20. The van der Waals surface area contributed by atoms with Gasteiger partial charge in [-0.3, -0.25) is 14.4 Å². The molecule has 7 heteroatoms. The Morgan fingerprint density at radius 1 is 1.08 bits per heavy atom. The lowest BCUT2D eigenvalue weighted by Gasteiger charge is -2.35. The summed E-state index contributed by atoms with van der Waals surface area (Å²) in [4.78, 5) is 39.3. The van der Waals surface area contributed by atoms with Crippen molar-refractivity contribution in [2.24, 2.45) is 11.8 Å². The number of benzene rings is 1. The monoisotopic (exact) mass is 346 g/mol. The van der Waals surface area contributed by atoms with Crippen LogP contribution in [0.15, 0.2) is 24.3 Å². The van der Waals surface area contributed by atoms with Crippen LogP contribution in [0.3, 0.4) is 0 Å². The maximum atomic E-state index is 12.7. The Morgan fingerprint density at radius 3 is 2.32 bits per heavy atom. The Kier molecular flexibility index (Phi) is 4.92. The van der Waals surface area contributed by atoms with Gasteiger partial charge in [0.15, 0.2) is 0 Å². The third kappa shape index (κ3) is 3.60. The van der Waals surface area contributed by atoms with Crippen molar-refractivity contribution in [1.82, 2.24) is 9.80 Å². The number of piperazine rings is 1. The third-order valence-electron chi connectivity index (χ3n) is 4.72. The summed E-state index contributed by atoms with van der Waals surface area (Å²) in [6, 6.07) is 7.14. The second-order valence-corrected chi connectivity index (χ2v) is 6.33. The predicted molar refractivity (Wildman–Crippen MR) is 89.3 cm³/mol. The molecule has 2 atom stereocenters. The Hall–Kier alpha value is -2.57. The molecule has 1 aliphatic carbocycles. The van der Waals surface area contributed by atoms with Crippen LogP contribution >= 0.6 is 0 Å². The van der Waals surface area contributed by atoms with Crippen LogP contribution in [-0.2, 0) is 9.59 Å². The number of nitrogens with zero attached hydrogens (tertiary/aromatic N) is 2. The lowest BCUT2D eigenvalue weighted by Crippen LogP contribution is -2.51. The number of para-hydroxylation sites is 1. The van der Waals surface area contributed by atoms with Gasteiger partial charge in [-0.2, -0.15) is 0 Å². The first-order valence-electron chi connectivity index (χ1n) is 8.55. The number of carbonyl (C=O) groups excluding carboxylic acids is 2. The van der Waals surface area contributed by atoms with Crippen molar-refractivity contribution < 1.29 is 24.2 Å². The van der Waals surface area contributed by atoms with E-state index in [-0.39, 0.29) is 11.8 Å². The first kappa shape index (κ1) is 17.3. The minimum absolute atomic E-state index is 0.103. The van der Waals surface area contributed by atoms with Gasteiger partial charge in [0.1, 0.15) is 5.75 Å². The highest BCUT2D eigenvalue weighted by atomic mass is 16.5. The molecule has 0 unspecified atom stereocenters. The first-order valence-corrected chi connectivity index (χ1v) is 8.55. The quantitative estimate of drug-likeness (QED) is 0.862. The topological polar surface area (TPSA) is 87.2 Å². The molecule has 1 saturated carbocycles. The molecule has 25 heavy (non-hydrogen) atoms. The molecule has 1 aromatic rings. The van der Waals surface area contributed by atoms with Crippen LogP contribution in [-0.4, -0.2) is 65.5 Å². The van der Waals surface area contributed by atoms with E-state index in [2.05, 4.69) is 0 Å². The van der Waals surface area contributed by atoms with E-state index in [1.54, 1.807) is 28.0 Å². The lowest BCUT2D eigenvalue weighted by atomic mass is 10.1. The van der Waals surface area contributed by atoms with E-state index in [4.69, 9.17) is 9.84 Å². The number of aliphatic carboxylic acids is 1. The van der Waals surface area contributed by atoms with E-state index >= 15 is 0 Å². The zero-order valence-electron chi connectivity index (χ0n) is 14.2. The number of carboxylic acid groups (broad SMARTS) is 1. The minimum atomic E-state index is -0.903. The minimum Gasteiger partial charge on any atom is -0.493 e. The van der Waals surface area contributed by atoms with E-state index in [1.165, 1.54) is 0 Å². The highest BCUT2D eigenvalue weighted by Gasteiger charge is 2.50. The molecule has 2 amide bonds. The van der Waals surface area contributed by atoms with Crippen LogP contribution in [0.4, 0.5) is 0 Å². The van der Waals surface area contributed by atoms with Crippen molar-refractivity contribution in [3.05, 3.63) is 29.8 Å². The van der Waals surface area contributed by atoms with Crippen molar-refractivity contribution in [3.8, 4) is 5.75 Å². The molecule has 0 bridgehead atoms. The van der Waals surface area contributed by atoms with Crippen LogP contribution in [0.5, 0.6) is 5.75 Å². The second-order valence-electron chi connectivity index (χ2n) is 6.33. The molecule has 2 aliphatic rings. The summed E-state index contributed by atoms with van der Waals surface area (Å²) in [6.45, 7) is 4.10.